The molecule has 0 saturated carbocycles. The Labute approximate surface area is 138 Å². The van der Waals surface area contributed by atoms with Crippen molar-refractivity contribution in [2.24, 2.45) is 11.7 Å². The molecule has 0 bridgehead atoms. The predicted molar refractivity (Wildman–Crippen MR) is 95.0 cm³/mol. The Bertz CT molecular complexity index is 403. The Balaban J connectivity index is 0.00000400. The average Bonchev–Trinajstić information content (AvgIpc) is 2.46. The summed E-state index contributed by atoms with van der Waals surface area (Å²) >= 11 is 1.90. The number of nitrogens with one attached hydrogen (secondary N) is 1. The third-order valence-electron chi connectivity index (χ3n) is 3.42. The van der Waals surface area contributed by atoms with Crippen molar-refractivity contribution in [2.75, 3.05) is 11.5 Å². The van der Waals surface area contributed by atoms with Crippen molar-refractivity contribution in [3.8, 4) is 0 Å². The number of hydrogen-bond acceptors (Lipinski definition) is 3. The molecular formula is C16H27ClN2OS. The van der Waals surface area contributed by atoms with E-state index >= 15 is 0 Å². The van der Waals surface area contributed by atoms with E-state index in [1.165, 1.54) is 0 Å². The van der Waals surface area contributed by atoms with E-state index in [0.29, 0.717) is 0 Å². The standard InChI is InChI=1S/C16H26N2OS.ClH/c1-4-20-11-10-12(2)18-16(19)13(3)15(17)14-8-6-5-7-9-14;/h5-9,12-13,15H,4,10-11,17H2,1-3H3,(H,18,19);1H. The van der Waals surface area contributed by atoms with Crippen LogP contribution < -0.4 is 11.1 Å². The summed E-state index contributed by atoms with van der Waals surface area (Å²) in [6.45, 7) is 6.09. The number of amides is 1. The van der Waals surface area contributed by atoms with Crippen LogP contribution in [0.5, 0.6) is 0 Å². The third kappa shape index (κ3) is 7.21. The first-order valence-electron chi connectivity index (χ1n) is 7.24. The third-order valence-corrected chi connectivity index (χ3v) is 4.36. The topological polar surface area (TPSA) is 55.1 Å². The molecule has 3 N–H and O–H groups in total. The highest BCUT2D eigenvalue weighted by atomic mass is 35.5. The van der Waals surface area contributed by atoms with Crippen LogP contribution in [0, 0.1) is 5.92 Å². The van der Waals surface area contributed by atoms with Crippen LogP contribution in [0.2, 0.25) is 0 Å². The molecule has 1 aromatic rings. The largest absolute Gasteiger partial charge is 0.353 e. The van der Waals surface area contributed by atoms with Gasteiger partial charge < -0.3 is 11.1 Å². The van der Waals surface area contributed by atoms with E-state index < -0.39 is 0 Å². The van der Waals surface area contributed by atoms with Crippen LogP contribution in [-0.2, 0) is 4.79 Å². The van der Waals surface area contributed by atoms with Crippen LogP contribution in [0.15, 0.2) is 30.3 Å². The fourth-order valence-electron chi connectivity index (χ4n) is 1.98. The first-order chi connectivity index (χ1) is 9.56. The minimum atomic E-state index is -0.256. The summed E-state index contributed by atoms with van der Waals surface area (Å²) < 4.78 is 0. The molecule has 0 fully saturated rings. The SMILES string of the molecule is CCSCCC(C)NC(=O)C(C)C(N)c1ccccc1.Cl. The molecule has 3 atom stereocenters. The number of thioether (sulfide) groups is 1. The van der Waals surface area contributed by atoms with Crippen molar-refractivity contribution in [2.45, 2.75) is 39.3 Å². The Morgan fingerprint density at radius 3 is 2.48 bits per heavy atom. The van der Waals surface area contributed by atoms with E-state index in [-0.39, 0.29) is 36.3 Å². The molecule has 1 aromatic carbocycles. The van der Waals surface area contributed by atoms with Crippen LogP contribution in [0.25, 0.3) is 0 Å². The quantitative estimate of drug-likeness (QED) is 0.718. The van der Waals surface area contributed by atoms with Gasteiger partial charge >= 0.3 is 0 Å². The average molecular weight is 331 g/mol. The van der Waals surface area contributed by atoms with Crippen LogP contribution in [0.3, 0.4) is 0 Å². The summed E-state index contributed by atoms with van der Waals surface area (Å²) in [5.74, 6) is 2.02. The lowest BCUT2D eigenvalue weighted by Crippen LogP contribution is -2.40. The second kappa shape index (κ2) is 10.9. The molecule has 120 valence electrons. The van der Waals surface area contributed by atoms with Crippen LogP contribution in [-0.4, -0.2) is 23.5 Å². The van der Waals surface area contributed by atoms with Gasteiger partial charge in [-0.2, -0.15) is 11.8 Å². The van der Waals surface area contributed by atoms with Crippen molar-refractivity contribution in [1.29, 1.82) is 0 Å². The Morgan fingerprint density at radius 1 is 1.29 bits per heavy atom. The van der Waals surface area contributed by atoms with E-state index in [1.807, 2.05) is 49.0 Å². The smallest absolute Gasteiger partial charge is 0.224 e. The minimum Gasteiger partial charge on any atom is -0.353 e. The maximum absolute atomic E-state index is 12.2. The predicted octanol–water partition coefficient (Wildman–Crippen LogP) is 3.39. The number of carbonyl (C=O) groups is 1. The van der Waals surface area contributed by atoms with Gasteiger partial charge in [0.2, 0.25) is 5.91 Å². The molecule has 1 amide bonds. The molecule has 0 aromatic heterocycles. The molecule has 0 spiro atoms. The van der Waals surface area contributed by atoms with Crippen molar-refractivity contribution >= 4 is 30.1 Å². The maximum Gasteiger partial charge on any atom is 0.224 e. The molecule has 0 saturated heterocycles. The van der Waals surface area contributed by atoms with E-state index in [9.17, 15) is 4.79 Å². The number of hydrogen-bond donors (Lipinski definition) is 2. The zero-order chi connectivity index (χ0) is 15.0. The number of benzene rings is 1. The summed E-state index contributed by atoms with van der Waals surface area (Å²) in [7, 11) is 0. The molecule has 3 nitrogen and oxygen atoms in total. The monoisotopic (exact) mass is 330 g/mol. The van der Waals surface area contributed by atoms with Gasteiger partial charge in [-0.1, -0.05) is 44.2 Å². The van der Waals surface area contributed by atoms with Crippen molar-refractivity contribution < 1.29 is 4.79 Å². The highest BCUT2D eigenvalue weighted by molar-refractivity contribution is 7.99. The van der Waals surface area contributed by atoms with Gasteiger partial charge in [-0.25, -0.2) is 0 Å². The summed E-state index contributed by atoms with van der Waals surface area (Å²) in [4.78, 5) is 12.2. The number of nitrogens with two attached hydrogens (primary N) is 1. The molecule has 0 radical (unpaired) electrons. The number of carbonyl (C=O) groups excluding carboxylic acids is 1. The number of halogens is 1. The Hall–Kier alpha value is -0.710. The van der Waals surface area contributed by atoms with Crippen molar-refractivity contribution in [1.82, 2.24) is 5.32 Å². The summed E-state index contributed by atoms with van der Waals surface area (Å²) in [5, 5.41) is 3.06. The van der Waals surface area contributed by atoms with E-state index in [0.717, 1.165) is 23.5 Å². The molecule has 0 aliphatic heterocycles. The van der Waals surface area contributed by atoms with Crippen LogP contribution in [0.4, 0.5) is 0 Å². The number of rotatable bonds is 8. The van der Waals surface area contributed by atoms with Crippen molar-refractivity contribution in [3.63, 3.8) is 0 Å². The zero-order valence-electron chi connectivity index (χ0n) is 13.0. The Morgan fingerprint density at radius 2 is 1.90 bits per heavy atom. The molecule has 5 heteroatoms. The van der Waals surface area contributed by atoms with Gasteiger partial charge in [-0.05, 0) is 30.4 Å². The van der Waals surface area contributed by atoms with Gasteiger partial charge in [0.15, 0.2) is 0 Å². The summed E-state index contributed by atoms with van der Waals surface area (Å²) in [5.41, 5.74) is 7.18. The first kappa shape index (κ1) is 20.3. The van der Waals surface area contributed by atoms with Crippen LogP contribution >= 0.6 is 24.2 Å². The maximum atomic E-state index is 12.2. The fraction of sp³-hybridized carbons (Fsp3) is 0.562. The van der Waals surface area contributed by atoms with Crippen molar-refractivity contribution in [3.05, 3.63) is 35.9 Å². The second-order valence-corrected chi connectivity index (χ2v) is 6.51. The minimum absolute atomic E-state index is 0. The first-order valence-corrected chi connectivity index (χ1v) is 8.40. The zero-order valence-corrected chi connectivity index (χ0v) is 14.7. The van der Waals surface area contributed by atoms with E-state index in [4.69, 9.17) is 5.73 Å². The van der Waals surface area contributed by atoms with E-state index in [2.05, 4.69) is 19.2 Å². The molecule has 1 rings (SSSR count). The fourth-order valence-corrected chi connectivity index (χ4v) is 2.79. The van der Waals surface area contributed by atoms with Gasteiger partial charge in [0.05, 0.1) is 5.92 Å². The molecule has 3 unspecified atom stereocenters. The Kier molecular flexibility index (Phi) is 10.6. The lowest BCUT2D eigenvalue weighted by atomic mass is 9.94. The van der Waals surface area contributed by atoms with Gasteiger partial charge in [-0.3, -0.25) is 4.79 Å². The molecule has 0 aliphatic carbocycles. The summed E-state index contributed by atoms with van der Waals surface area (Å²) in [6.07, 6.45) is 0.998. The van der Waals surface area contributed by atoms with Gasteiger partial charge in [0, 0.05) is 12.1 Å². The molecule has 0 aliphatic rings. The van der Waals surface area contributed by atoms with Gasteiger partial charge in [-0.15, -0.1) is 12.4 Å². The van der Waals surface area contributed by atoms with E-state index in [1.54, 1.807) is 0 Å². The second-order valence-electron chi connectivity index (χ2n) is 5.12. The highest BCUT2D eigenvalue weighted by Crippen LogP contribution is 2.19. The van der Waals surface area contributed by atoms with Crippen LogP contribution in [0.1, 0.15) is 38.8 Å². The summed E-state index contributed by atoms with van der Waals surface area (Å²) in [6, 6.07) is 9.73. The van der Waals surface area contributed by atoms with Gasteiger partial charge in [0.25, 0.3) is 0 Å². The van der Waals surface area contributed by atoms with Gasteiger partial charge in [0.1, 0.15) is 0 Å². The highest BCUT2D eigenvalue weighted by Gasteiger charge is 2.22. The lowest BCUT2D eigenvalue weighted by molar-refractivity contribution is -0.125. The molecule has 21 heavy (non-hydrogen) atoms. The normalized spacial score (nSPS) is 14.7. The lowest BCUT2D eigenvalue weighted by Gasteiger charge is -2.22. The molecular weight excluding hydrogens is 304 g/mol. The molecule has 0 heterocycles.